The van der Waals surface area contributed by atoms with Crippen LogP contribution in [0.1, 0.15) is 31.4 Å². The Labute approximate surface area is 103 Å². The summed E-state index contributed by atoms with van der Waals surface area (Å²) in [6.45, 7) is 3.55. The third kappa shape index (κ3) is 2.24. The summed E-state index contributed by atoms with van der Waals surface area (Å²) >= 11 is 0. The number of nitrogens with one attached hydrogen (secondary N) is 1. The fourth-order valence-electron chi connectivity index (χ4n) is 3.28. The van der Waals surface area contributed by atoms with Crippen molar-refractivity contribution in [2.24, 2.45) is 7.05 Å². The largest absolute Gasteiger partial charge is 0.337 e. The minimum Gasteiger partial charge on any atom is -0.337 e. The molecular weight excluding hydrogens is 212 g/mol. The number of aromatic nitrogens is 2. The molecule has 17 heavy (non-hydrogen) atoms. The third-order valence-corrected chi connectivity index (χ3v) is 4.32. The van der Waals surface area contributed by atoms with Crippen LogP contribution in [0.2, 0.25) is 0 Å². The second-order valence-corrected chi connectivity index (χ2v) is 5.37. The fraction of sp³-hybridized carbons (Fsp3) is 0.769. The fourth-order valence-corrected chi connectivity index (χ4v) is 3.28. The van der Waals surface area contributed by atoms with E-state index < -0.39 is 0 Å². The zero-order valence-corrected chi connectivity index (χ0v) is 10.6. The van der Waals surface area contributed by atoms with Gasteiger partial charge in [0.15, 0.2) is 0 Å². The Balaban J connectivity index is 1.57. The van der Waals surface area contributed by atoms with Crippen LogP contribution >= 0.6 is 0 Å². The Kier molecular flexibility index (Phi) is 3.16. The van der Waals surface area contributed by atoms with Gasteiger partial charge in [0.05, 0.1) is 12.0 Å². The average molecular weight is 234 g/mol. The lowest BCUT2D eigenvalue weighted by atomic mass is 9.99. The molecule has 0 amide bonds. The van der Waals surface area contributed by atoms with E-state index in [-0.39, 0.29) is 0 Å². The molecule has 1 aromatic heterocycles. The molecule has 4 nitrogen and oxygen atoms in total. The minimum atomic E-state index is 0.685. The van der Waals surface area contributed by atoms with E-state index in [1.54, 1.807) is 0 Å². The molecule has 0 aliphatic carbocycles. The van der Waals surface area contributed by atoms with Crippen molar-refractivity contribution in [3.63, 3.8) is 0 Å². The van der Waals surface area contributed by atoms with E-state index in [0.29, 0.717) is 6.04 Å². The maximum Gasteiger partial charge on any atom is 0.0945 e. The summed E-state index contributed by atoms with van der Waals surface area (Å²) in [7, 11) is 2.06. The summed E-state index contributed by atoms with van der Waals surface area (Å²) in [5.41, 5.74) is 1.28. The van der Waals surface area contributed by atoms with Crippen LogP contribution in [0.5, 0.6) is 0 Å². The molecule has 1 N–H and O–H groups in total. The minimum absolute atomic E-state index is 0.685. The number of imidazole rings is 1. The van der Waals surface area contributed by atoms with Gasteiger partial charge in [-0.25, -0.2) is 4.98 Å². The molecular formula is C13H22N4. The van der Waals surface area contributed by atoms with E-state index in [9.17, 15) is 0 Å². The summed E-state index contributed by atoms with van der Waals surface area (Å²) in [4.78, 5) is 6.83. The lowest BCUT2D eigenvalue weighted by Crippen LogP contribution is -2.44. The highest BCUT2D eigenvalue weighted by Crippen LogP contribution is 2.27. The molecule has 0 saturated carbocycles. The standard InChI is InChI=1S/C13H22N4/c1-16-10-14-8-11(16)9-15-12-5-7-17-6-3-2-4-13(12)17/h8,10,12-13,15H,2-7,9H2,1H3. The van der Waals surface area contributed by atoms with Gasteiger partial charge in [-0.1, -0.05) is 6.42 Å². The molecule has 4 heteroatoms. The molecule has 2 atom stereocenters. The van der Waals surface area contributed by atoms with Crippen molar-refractivity contribution >= 4 is 0 Å². The monoisotopic (exact) mass is 234 g/mol. The lowest BCUT2D eigenvalue weighted by Gasteiger charge is -2.32. The van der Waals surface area contributed by atoms with Crippen molar-refractivity contribution in [2.75, 3.05) is 13.1 Å². The van der Waals surface area contributed by atoms with E-state index in [4.69, 9.17) is 0 Å². The first-order valence-corrected chi connectivity index (χ1v) is 6.77. The number of aryl methyl sites for hydroxylation is 1. The van der Waals surface area contributed by atoms with Crippen molar-refractivity contribution in [1.29, 1.82) is 0 Å². The molecule has 3 heterocycles. The molecule has 2 fully saturated rings. The van der Waals surface area contributed by atoms with Gasteiger partial charge in [0.1, 0.15) is 0 Å². The highest BCUT2D eigenvalue weighted by molar-refractivity contribution is 5.00. The van der Waals surface area contributed by atoms with Gasteiger partial charge in [0.2, 0.25) is 0 Å². The van der Waals surface area contributed by atoms with Crippen LogP contribution in [0.25, 0.3) is 0 Å². The van der Waals surface area contributed by atoms with Gasteiger partial charge in [-0.15, -0.1) is 0 Å². The number of rotatable bonds is 3. The highest BCUT2D eigenvalue weighted by Gasteiger charge is 2.34. The van der Waals surface area contributed by atoms with Crippen LogP contribution in [-0.4, -0.2) is 39.6 Å². The van der Waals surface area contributed by atoms with Crippen LogP contribution in [0.15, 0.2) is 12.5 Å². The number of hydrogen-bond donors (Lipinski definition) is 1. The summed E-state index contributed by atoms with van der Waals surface area (Å²) in [5.74, 6) is 0. The third-order valence-electron chi connectivity index (χ3n) is 4.32. The summed E-state index contributed by atoms with van der Waals surface area (Å²) in [5, 5.41) is 3.72. The number of fused-ring (bicyclic) bond motifs is 1. The highest BCUT2D eigenvalue weighted by atomic mass is 15.2. The zero-order valence-electron chi connectivity index (χ0n) is 10.6. The van der Waals surface area contributed by atoms with Gasteiger partial charge >= 0.3 is 0 Å². The Morgan fingerprint density at radius 2 is 2.29 bits per heavy atom. The van der Waals surface area contributed by atoms with E-state index in [2.05, 4.69) is 26.8 Å². The zero-order chi connectivity index (χ0) is 11.7. The van der Waals surface area contributed by atoms with Gasteiger partial charge in [0.25, 0.3) is 0 Å². The Morgan fingerprint density at radius 1 is 1.35 bits per heavy atom. The molecule has 0 radical (unpaired) electrons. The molecule has 3 rings (SSSR count). The quantitative estimate of drug-likeness (QED) is 0.851. The first kappa shape index (κ1) is 11.2. The predicted molar refractivity (Wildman–Crippen MR) is 67.7 cm³/mol. The van der Waals surface area contributed by atoms with E-state index in [1.165, 1.54) is 44.5 Å². The molecule has 0 bridgehead atoms. The molecule has 2 unspecified atom stereocenters. The maximum atomic E-state index is 4.16. The summed E-state index contributed by atoms with van der Waals surface area (Å²) in [6, 6.07) is 1.47. The van der Waals surface area contributed by atoms with Crippen LogP contribution in [0.4, 0.5) is 0 Å². The van der Waals surface area contributed by atoms with Crippen LogP contribution in [-0.2, 0) is 13.6 Å². The van der Waals surface area contributed by atoms with Crippen molar-refractivity contribution in [2.45, 2.75) is 44.3 Å². The number of hydrogen-bond acceptors (Lipinski definition) is 3. The maximum absolute atomic E-state index is 4.16. The molecule has 1 aromatic rings. The predicted octanol–water partition coefficient (Wildman–Crippen LogP) is 1.14. The molecule has 2 aliphatic rings. The summed E-state index contributed by atoms with van der Waals surface area (Å²) in [6.07, 6.45) is 9.32. The van der Waals surface area contributed by atoms with E-state index >= 15 is 0 Å². The molecule has 2 saturated heterocycles. The van der Waals surface area contributed by atoms with Crippen LogP contribution < -0.4 is 5.32 Å². The lowest BCUT2D eigenvalue weighted by molar-refractivity contribution is 0.180. The van der Waals surface area contributed by atoms with E-state index in [1.807, 2.05) is 12.5 Å². The van der Waals surface area contributed by atoms with Gasteiger partial charge in [-0.3, -0.25) is 4.90 Å². The van der Waals surface area contributed by atoms with Gasteiger partial charge in [0, 0.05) is 38.4 Å². The Hall–Kier alpha value is -0.870. The normalized spacial score (nSPS) is 29.5. The molecule has 2 aliphatic heterocycles. The van der Waals surface area contributed by atoms with Crippen LogP contribution in [0.3, 0.4) is 0 Å². The smallest absolute Gasteiger partial charge is 0.0945 e. The van der Waals surface area contributed by atoms with Crippen molar-refractivity contribution in [3.8, 4) is 0 Å². The van der Waals surface area contributed by atoms with Gasteiger partial charge < -0.3 is 9.88 Å². The number of nitrogens with zero attached hydrogens (tertiary/aromatic N) is 3. The summed E-state index contributed by atoms with van der Waals surface area (Å²) < 4.78 is 2.10. The molecule has 0 aromatic carbocycles. The Morgan fingerprint density at radius 3 is 3.12 bits per heavy atom. The first-order valence-electron chi connectivity index (χ1n) is 6.77. The first-order chi connectivity index (χ1) is 8.34. The molecule has 0 spiro atoms. The van der Waals surface area contributed by atoms with Crippen molar-refractivity contribution < 1.29 is 0 Å². The second kappa shape index (κ2) is 4.78. The van der Waals surface area contributed by atoms with Gasteiger partial charge in [-0.2, -0.15) is 0 Å². The van der Waals surface area contributed by atoms with Gasteiger partial charge in [-0.05, 0) is 25.8 Å². The van der Waals surface area contributed by atoms with E-state index in [0.717, 1.165) is 12.6 Å². The topological polar surface area (TPSA) is 33.1 Å². The second-order valence-electron chi connectivity index (χ2n) is 5.37. The van der Waals surface area contributed by atoms with Crippen molar-refractivity contribution in [3.05, 3.63) is 18.2 Å². The Bertz CT molecular complexity index is 373. The van der Waals surface area contributed by atoms with Crippen molar-refractivity contribution in [1.82, 2.24) is 19.8 Å². The van der Waals surface area contributed by atoms with Crippen LogP contribution in [0, 0.1) is 0 Å². The SMILES string of the molecule is Cn1cncc1CNC1CCN2CCCCC12. The average Bonchev–Trinajstić information content (AvgIpc) is 2.93. The molecule has 94 valence electrons. The number of piperidine rings is 1.